The first-order valence-corrected chi connectivity index (χ1v) is 7.93. The Morgan fingerprint density at radius 1 is 1.41 bits per heavy atom. The van der Waals surface area contributed by atoms with E-state index in [1.807, 2.05) is 11.3 Å². The molecule has 2 nitrogen and oxygen atoms in total. The second-order valence-electron chi connectivity index (χ2n) is 5.04. The van der Waals surface area contributed by atoms with Crippen LogP contribution in [0.5, 0.6) is 0 Å². The van der Waals surface area contributed by atoms with Gasteiger partial charge in [0.15, 0.2) is 0 Å². The lowest BCUT2D eigenvalue weighted by atomic mass is 10.1. The van der Waals surface area contributed by atoms with E-state index in [-0.39, 0.29) is 0 Å². The zero-order valence-electron chi connectivity index (χ0n) is 10.9. The summed E-state index contributed by atoms with van der Waals surface area (Å²) in [5, 5.41) is 7.13. The third kappa shape index (κ3) is 4.40. The van der Waals surface area contributed by atoms with Crippen LogP contribution in [0, 0.1) is 0 Å². The molecule has 1 aliphatic heterocycles. The monoisotopic (exact) mass is 252 g/mol. The Labute approximate surface area is 109 Å². The Kier molecular flexibility index (Phi) is 5.46. The van der Waals surface area contributed by atoms with Crippen molar-refractivity contribution >= 4 is 11.3 Å². The summed E-state index contributed by atoms with van der Waals surface area (Å²) in [5.74, 6) is 0. The quantitative estimate of drug-likeness (QED) is 0.751. The van der Waals surface area contributed by atoms with Crippen LogP contribution in [0.3, 0.4) is 0 Å². The molecule has 0 aliphatic carbocycles. The molecule has 0 spiro atoms. The first-order chi connectivity index (χ1) is 8.38. The number of hydrogen-bond donors (Lipinski definition) is 1. The van der Waals surface area contributed by atoms with Crippen LogP contribution in [0.4, 0.5) is 0 Å². The summed E-state index contributed by atoms with van der Waals surface area (Å²) in [6.45, 7) is 3.45. The summed E-state index contributed by atoms with van der Waals surface area (Å²) in [6.07, 6.45) is 10.3. The number of nitrogens with one attached hydrogen (secondary N) is 1. The summed E-state index contributed by atoms with van der Waals surface area (Å²) in [5.41, 5.74) is 1.32. The van der Waals surface area contributed by atoms with Gasteiger partial charge in [0.2, 0.25) is 0 Å². The average molecular weight is 252 g/mol. The van der Waals surface area contributed by atoms with Crippen molar-refractivity contribution in [1.82, 2.24) is 10.3 Å². The Bertz CT molecular complexity index is 316. The lowest BCUT2D eigenvalue weighted by molar-refractivity contribution is 0.599. The molecule has 0 amide bonds. The number of unbranched alkanes of at least 4 members (excludes halogenated alkanes) is 3. The lowest BCUT2D eigenvalue weighted by Gasteiger charge is -2.06. The first kappa shape index (κ1) is 13.0. The Morgan fingerprint density at radius 3 is 3.12 bits per heavy atom. The molecule has 1 aliphatic rings. The van der Waals surface area contributed by atoms with E-state index >= 15 is 0 Å². The smallest absolute Gasteiger partial charge is 0.0943 e. The van der Waals surface area contributed by atoms with Crippen LogP contribution >= 0.6 is 11.3 Å². The van der Waals surface area contributed by atoms with Crippen LogP contribution in [0.1, 0.15) is 56.2 Å². The maximum absolute atomic E-state index is 4.75. The molecule has 2 rings (SSSR count). The van der Waals surface area contributed by atoms with Crippen molar-refractivity contribution in [2.45, 2.75) is 64.3 Å². The van der Waals surface area contributed by atoms with Gasteiger partial charge in [-0.2, -0.15) is 0 Å². The number of thiazole rings is 1. The minimum Gasteiger partial charge on any atom is -0.314 e. The van der Waals surface area contributed by atoms with Crippen molar-refractivity contribution in [1.29, 1.82) is 0 Å². The zero-order valence-corrected chi connectivity index (χ0v) is 11.7. The summed E-state index contributed by atoms with van der Waals surface area (Å²) in [6, 6.07) is 0.689. The van der Waals surface area contributed by atoms with E-state index in [2.05, 4.69) is 17.6 Å². The number of rotatable bonds is 7. The Morgan fingerprint density at radius 2 is 2.35 bits per heavy atom. The fourth-order valence-corrected chi connectivity index (χ4v) is 3.34. The van der Waals surface area contributed by atoms with Crippen LogP contribution in [-0.4, -0.2) is 17.6 Å². The molecule has 0 saturated carbocycles. The molecular formula is C14H24N2S. The average Bonchev–Trinajstić information content (AvgIpc) is 2.97. The highest BCUT2D eigenvalue weighted by Gasteiger charge is 2.15. The molecule has 17 heavy (non-hydrogen) atoms. The van der Waals surface area contributed by atoms with E-state index in [1.54, 1.807) is 0 Å². The second-order valence-corrected chi connectivity index (χ2v) is 5.98. The number of nitrogens with zero attached hydrogens (tertiary/aromatic N) is 1. The van der Waals surface area contributed by atoms with Crippen LogP contribution in [0.15, 0.2) is 5.38 Å². The van der Waals surface area contributed by atoms with Gasteiger partial charge in [0, 0.05) is 17.8 Å². The molecule has 1 N–H and O–H groups in total. The van der Waals surface area contributed by atoms with E-state index in [1.165, 1.54) is 62.2 Å². The molecule has 0 aromatic carbocycles. The van der Waals surface area contributed by atoms with Crippen molar-refractivity contribution in [3.8, 4) is 0 Å². The normalized spacial score (nSPS) is 19.9. The van der Waals surface area contributed by atoms with Gasteiger partial charge in [0.25, 0.3) is 0 Å². The van der Waals surface area contributed by atoms with E-state index in [0.717, 1.165) is 6.42 Å². The first-order valence-electron chi connectivity index (χ1n) is 7.05. The van der Waals surface area contributed by atoms with Crippen LogP contribution < -0.4 is 5.32 Å². The molecule has 1 aromatic rings. The van der Waals surface area contributed by atoms with Gasteiger partial charge >= 0.3 is 0 Å². The molecule has 0 bridgehead atoms. The predicted molar refractivity (Wildman–Crippen MR) is 74.7 cm³/mol. The predicted octanol–water partition coefficient (Wildman–Crippen LogP) is 3.56. The minimum atomic E-state index is 0.689. The van der Waals surface area contributed by atoms with E-state index in [9.17, 15) is 0 Å². The number of hydrogen-bond acceptors (Lipinski definition) is 3. The molecule has 1 atom stereocenters. The van der Waals surface area contributed by atoms with Crippen molar-refractivity contribution in [2.75, 3.05) is 6.54 Å². The highest BCUT2D eigenvalue weighted by atomic mass is 32.1. The van der Waals surface area contributed by atoms with Gasteiger partial charge in [-0.15, -0.1) is 11.3 Å². The zero-order chi connectivity index (χ0) is 11.9. The lowest BCUT2D eigenvalue weighted by Crippen LogP contribution is -2.23. The third-order valence-electron chi connectivity index (χ3n) is 3.47. The van der Waals surface area contributed by atoms with Crippen LogP contribution in [0.25, 0.3) is 0 Å². The van der Waals surface area contributed by atoms with E-state index in [4.69, 9.17) is 4.98 Å². The van der Waals surface area contributed by atoms with Crippen LogP contribution in [-0.2, 0) is 12.8 Å². The van der Waals surface area contributed by atoms with Gasteiger partial charge in [-0.3, -0.25) is 0 Å². The molecule has 3 heteroatoms. The van der Waals surface area contributed by atoms with Crippen molar-refractivity contribution in [3.05, 3.63) is 16.1 Å². The van der Waals surface area contributed by atoms with Crippen molar-refractivity contribution in [3.63, 3.8) is 0 Å². The number of aromatic nitrogens is 1. The Hall–Kier alpha value is -0.410. The van der Waals surface area contributed by atoms with Gasteiger partial charge < -0.3 is 5.32 Å². The Balaban J connectivity index is 1.71. The maximum atomic E-state index is 4.75. The van der Waals surface area contributed by atoms with Gasteiger partial charge in [0.05, 0.1) is 10.7 Å². The molecule has 1 unspecified atom stereocenters. The minimum absolute atomic E-state index is 0.689. The molecule has 1 fully saturated rings. The van der Waals surface area contributed by atoms with Gasteiger partial charge in [-0.25, -0.2) is 4.98 Å². The highest BCUT2D eigenvalue weighted by Crippen LogP contribution is 2.17. The fourth-order valence-electron chi connectivity index (χ4n) is 2.43. The van der Waals surface area contributed by atoms with Crippen molar-refractivity contribution < 1.29 is 0 Å². The molecule has 96 valence electrons. The fraction of sp³-hybridized carbons (Fsp3) is 0.786. The summed E-state index contributed by atoms with van der Waals surface area (Å²) in [4.78, 5) is 4.75. The van der Waals surface area contributed by atoms with Crippen LogP contribution in [0.2, 0.25) is 0 Å². The summed E-state index contributed by atoms with van der Waals surface area (Å²) in [7, 11) is 0. The second kappa shape index (κ2) is 7.12. The maximum Gasteiger partial charge on any atom is 0.0943 e. The van der Waals surface area contributed by atoms with E-state index < -0.39 is 0 Å². The molecular weight excluding hydrogens is 228 g/mol. The largest absolute Gasteiger partial charge is 0.314 e. The van der Waals surface area contributed by atoms with Gasteiger partial charge in [-0.05, 0) is 32.2 Å². The highest BCUT2D eigenvalue weighted by molar-refractivity contribution is 7.09. The van der Waals surface area contributed by atoms with Crippen molar-refractivity contribution in [2.24, 2.45) is 0 Å². The third-order valence-corrected chi connectivity index (χ3v) is 4.39. The molecule has 0 radical (unpaired) electrons. The molecule has 2 heterocycles. The van der Waals surface area contributed by atoms with Gasteiger partial charge in [0.1, 0.15) is 0 Å². The molecule has 1 aromatic heterocycles. The SMILES string of the molecule is CCCCCCc1csc(CC2CCCN2)n1. The van der Waals surface area contributed by atoms with Gasteiger partial charge in [-0.1, -0.05) is 26.2 Å². The topological polar surface area (TPSA) is 24.9 Å². The summed E-state index contributed by atoms with van der Waals surface area (Å²) < 4.78 is 0. The molecule has 1 saturated heterocycles. The van der Waals surface area contributed by atoms with E-state index in [0.29, 0.717) is 6.04 Å². The number of aryl methyl sites for hydroxylation is 1. The summed E-state index contributed by atoms with van der Waals surface area (Å²) >= 11 is 1.85. The standard InChI is InChI=1S/C14H24N2S/c1-2-3-4-5-7-13-11-17-14(16-13)10-12-8-6-9-15-12/h11-12,15H,2-10H2,1H3.